The van der Waals surface area contributed by atoms with Gasteiger partial charge in [0.25, 0.3) is 0 Å². The van der Waals surface area contributed by atoms with Crippen LogP contribution >= 0.6 is 0 Å². The van der Waals surface area contributed by atoms with Gasteiger partial charge in [0.05, 0.1) is 12.3 Å². The van der Waals surface area contributed by atoms with Crippen LogP contribution < -0.4 is 0 Å². The first kappa shape index (κ1) is 12.0. The molecule has 0 saturated heterocycles. The Morgan fingerprint density at radius 3 is 2.80 bits per heavy atom. The average molecular weight is 213 g/mol. The Bertz CT molecular complexity index is 263. The number of hydrogen-bond donors (Lipinski definition) is 0. The molecule has 1 unspecified atom stereocenters. The number of hydrogen-bond acceptors (Lipinski definition) is 4. The zero-order valence-corrected chi connectivity index (χ0v) is 9.71. The second kappa shape index (κ2) is 5.14. The molecule has 1 atom stereocenters. The molecule has 0 amide bonds. The van der Waals surface area contributed by atoms with E-state index in [1.165, 1.54) is 0 Å². The molecule has 1 heterocycles. The van der Waals surface area contributed by atoms with Crippen molar-refractivity contribution in [3.05, 3.63) is 0 Å². The van der Waals surface area contributed by atoms with E-state index in [9.17, 15) is 4.79 Å². The van der Waals surface area contributed by atoms with Gasteiger partial charge in [-0.15, -0.1) is 0 Å². The van der Waals surface area contributed by atoms with E-state index in [0.717, 1.165) is 18.6 Å². The summed E-state index contributed by atoms with van der Waals surface area (Å²) in [6, 6.07) is 0. The first-order valence-electron chi connectivity index (χ1n) is 5.59. The molecule has 1 rings (SSSR count). The minimum absolute atomic E-state index is 0.289. The monoisotopic (exact) mass is 213 g/mol. The fourth-order valence-electron chi connectivity index (χ4n) is 1.67. The fourth-order valence-corrected chi connectivity index (χ4v) is 1.67. The molecule has 0 fully saturated rings. The molecule has 0 aromatic rings. The predicted molar refractivity (Wildman–Crippen MR) is 57.7 cm³/mol. The van der Waals surface area contributed by atoms with Crippen LogP contribution in [0.4, 0.5) is 0 Å². The highest BCUT2D eigenvalue weighted by Crippen LogP contribution is 2.30. The second-order valence-electron chi connectivity index (χ2n) is 3.74. The summed E-state index contributed by atoms with van der Waals surface area (Å²) in [6.45, 7) is 6.18. The van der Waals surface area contributed by atoms with Gasteiger partial charge >= 0.3 is 5.97 Å². The molecule has 4 nitrogen and oxygen atoms in total. The number of nitrogens with zero attached hydrogens (tertiary/aromatic N) is 1. The lowest BCUT2D eigenvalue weighted by Gasteiger charge is -2.22. The molecule has 0 aromatic carbocycles. The lowest BCUT2D eigenvalue weighted by molar-refractivity contribution is -0.169. The third-order valence-corrected chi connectivity index (χ3v) is 2.60. The normalized spacial score (nSPS) is 24.6. The van der Waals surface area contributed by atoms with Crippen LogP contribution in [0.15, 0.2) is 5.16 Å². The molecule has 0 N–H and O–H groups in total. The van der Waals surface area contributed by atoms with Crippen LogP contribution in [0.2, 0.25) is 0 Å². The summed E-state index contributed by atoms with van der Waals surface area (Å²) < 4.78 is 5.01. The third kappa shape index (κ3) is 2.49. The second-order valence-corrected chi connectivity index (χ2v) is 3.74. The highest BCUT2D eigenvalue weighted by molar-refractivity contribution is 5.93. The summed E-state index contributed by atoms with van der Waals surface area (Å²) >= 11 is 0. The van der Waals surface area contributed by atoms with Gasteiger partial charge in [-0.25, -0.2) is 4.79 Å². The van der Waals surface area contributed by atoms with Crippen molar-refractivity contribution in [3.8, 4) is 0 Å². The molecule has 0 bridgehead atoms. The Morgan fingerprint density at radius 1 is 1.53 bits per heavy atom. The molecule has 4 heteroatoms. The summed E-state index contributed by atoms with van der Waals surface area (Å²) in [5.74, 6) is -0.289. The van der Waals surface area contributed by atoms with Crippen LogP contribution in [0.3, 0.4) is 0 Å². The summed E-state index contributed by atoms with van der Waals surface area (Å²) in [7, 11) is 0. The van der Waals surface area contributed by atoms with Gasteiger partial charge in [0.2, 0.25) is 5.60 Å². The first-order chi connectivity index (χ1) is 7.18. The summed E-state index contributed by atoms with van der Waals surface area (Å²) in [5.41, 5.74) is 0.118. The van der Waals surface area contributed by atoms with Crippen molar-refractivity contribution >= 4 is 11.7 Å². The first-order valence-corrected chi connectivity index (χ1v) is 5.59. The topological polar surface area (TPSA) is 47.9 Å². The zero-order valence-electron chi connectivity index (χ0n) is 9.71. The standard InChI is InChI=1S/C11H19NO3/c1-4-7-9-8-11(5-2,15-12-9)10(13)14-6-3/h4-8H2,1-3H3. The van der Waals surface area contributed by atoms with Crippen molar-refractivity contribution in [1.29, 1.82) is 0 Å². The van der Waals surface area contributed by atoms with Crippen LogP contribution in [0.25, 0.3) is 0 Å². The molecule has 0 saturated carbocycles. The molecule has 1 aliphatic rings. The fraction of sp³-hybridized carbons (Fsp3) is 0.818. The van der Waals surface area contributed by atoms with Crippen molar-refractivity contribution < 1.29 is 14.4 Å². The smallest absolute Gasteiger partial charge is 0.353 e. The SMILES string of the molecule is CCCC1=NOC(CC)(C(=O)OCC)C1. The average Bonchev–Trinajstić information content (AvgIpc) is 2.64. The Kier molecular flexibility index (Phi) is 4.12. The number of oxime groups is 1. The van der Waals surface area contributed by atoms with Gasteiger partial charge in [-0.3, -0.25) is 0 Å². The van der Waals surface area contributed by atoms with Crippen molar-refractivity contribution in [3.63, 3.8) is 0 Å². The molecular weight excluding hydrogens is 194 g/mol. The Morgan fingerprint density at radius 2 is 2.27 bits per heavy atom. The van der Waals surface area contributed by atoms with Gasteiger partial charge < -0.3 is 9.57 Å². The molecule has 1 aliphatic heterocycles. The van der Waals surface area contributed by atoms with Crippen LogP contribution in [-0.2, 0) is 14.4 Å². The van der Waals surface area contributed by atoms with E-state index in [0.29, 0.717) is 19.4 Å². The number of ether oxygens (including phenoxy) is 1. The summed E-state index contributed by atoms with van der Waals surface area (Å²) in [4.78, 5) is 17.0. The molecular formula is C11H19NO3. The van der Waals surface area contributed by atoms with Gasteiger partial charge in [0.15, 0.2) is 0 Å². The van der Waals surface area contributed by atoms with E-state index in [-0.39, 0.29) is 5.97 Å². The Hall–Kier alpha value is -1.06. The van der Waals surface area contributed by atoms with Crippen molar-refractivity contribution in [1.82, 2.24) is 0 Å². The van der Waals surface area contributed by atoms with E-state index >= 15 is 0 Å². The van der Waals surface area contributed by atoms with Crippen LogP contribution in [0.1, 0.15) is 46.5 Å². The van der Waals surface area contributed by atoms with Crippen LogP contribution in [0.5, 0.6) is 0 Å². The van der Waals surface area contributed by atoms with Crippen molar-refractivity contribution in [2.75, 3.05) is 6.61 Å². The lowest BCUT2D eigenvalue weighted by Crippen LogP contribution is -2.39. The van der Waals surface area contributed by atoms with Gasteiger partial charge in [0, 0.05) is 6.42 Å². The van der Waals surface area contributed by atoms with Gasteiger partial charge in [-0.05, 0) is 19.8 Å². The van der Waals surface area contributed by atoms with E-state index in [4.69, 9.17) is 9.57 Å². The Balaban J connectivity index is 2.63. The highest BCUT2D eigenvalue weighted by atomic mass is 16.7. The minimum atomic E-state index is -0.847. The van der Waals surface area contributed by atoms with E-state index in [1.807, 2.05) is 6.92 Å². The maximum atomic E-state index is 11.7. The van der Waals surface area contributed by atoms with Crippen LogP contribution in [0, 0.1) is 0 Å². The van der Waals surface area contributed by atoms with Crippen molar-refractivity contribution in [2.24, 2.45) is 5.16 Å². The zero-order chi connectivity index (χ0) is 11.3. The molecule has 86 valence electrons. The molecule has 0 aliphatic carbocycles. The van der Waals surface area contributed by atoms with Crippen molar-refractivity contribution in [2.45, 2.75) is 52.1 Å². The number of rotatable bonds is 5. The summed E-state index contributed by atoms with van der Waals surface area (Å²) in [6.07, 6.45) is 3.09. The van der Waals surface area contributed by atoms with Crippen LogP contribution in [-0.4, -0.2) is 23.9 Å². The number of esters is 1. The summed E-state index contributed by atoms with van der Waals surface area (Å²) in [5, 5.41) is 3.97. The molecule has 0 radical (unpaired) electrons. The maximum Gasteiger partial charge on any atom is 0.353 e. The largest absolute Gasteiger partial charge is 0.463 e. The number of carbonyl (C=O) groups excluding carboxylic acids is 1. The van der Waals surface area contributed by atoms with Gasteiger partial charge in [0.1, 0.15) is 0 Å². The van der Waals surface area contributed by atoms with E-state index in [2.05, 4.69) is 12.1 Å². The molecule has 15 heavy (non-hydrogen) atoms. The maximum absolute atomic E-state index is 11.7. The third-order valence-electron chi connectivity index (χ3n) is 2.60. The predicted octanol–water partition coefficient (Wildman–Crippen LogP) is 2.27. The lowest BCUT2D eigenvalue weighted by atomic mass is 9.93. The minimum Gasteiger partial charge on any atom is -0.463 e. The highest BCUT2D eigenvalue weighted by Gasteiger charge is 2.45. The molecule has 0 spiro atoms. The van der Waals surface area contributed by atoms with E-state index in [1.54, 1.807) is 6.92 Å². The Labute approximate surface area is 90.6 Å². The number of carbonyl (C=O) groups is 1. The van der Waals surface area contributed by atoms with Gasteiger partial charge in [-0.1, -0.05) is 25.4 Å². The quantitative estimate of drug-likeness (QED) is 0.658. The molecule has 0 aromatic heterocycles. The van der Waals surface area contributed by atoms with Gasteiger partial charge in [-0.2, -0.15) is 0 Å². The van der Waals surface area contributed by atoms with E-state index < -0.39 is 5.60 Å².